The third kappa shape index (κ3) is 6.27. The van der Waals surface area contributed by atoms with E-state index in [-0.39, 0.29) is 29.3 Å². The van der Waals surface area contributed by atoms with Gasteiger partial charge in [0.15, 0.2) is 0 Å². The van der Waals surface area contributed by atoms with Crippen LogP contribution in [-0.2, 0) is 19.6 Å². The molecule has 10 heteroatoms. The molecule has 1 unspecified atom stereocenters. The molecule has 2 aliphatic heterocycles. The number of anilines is 1. The minimum Gasteiger partial charge on any atom is -0.347 e. The average Bonchev–Trinajstić information content (AvgIpc) is 3.02. The van der Waals surface area contributed by atoms with Gasteiger partial charge in [0.25, 0.3) is 10.0 Å². The number of carbonyl (C=O) groups is 2. The quantitative estimate of drug-likeness (QED) is 0.683. The number of aliphatic imine (C=N–C) groups is 1. The molecule has 0 bridgehead atoms. The SMILES string of the molecule is CN(C)C(=O)C1CCCN1CC(=O)Nc1cccc(S(=O)(=O)NC2=NCCCCC2)c1. The van der Waals surface area contributed by atoms with Crippen LogP contribution >= 0.6 is 0 Å². The van der Waals surface area contributed by atoms with Crippen LogP contribution in [0.2, 0.25) is 0 Å². The molecule has 3 rings (SSSR count). The van der Waals surface area contributed by atoms with Crippen molar-refractivity contribution in [3.05, 3.63) is 24.3 Å². The zero-order chi connectivity index (χ0) is 22.4. The van der Waals surface area contributed by atoms with Crippen LogP contribution in [0.3, 0.4) is 0 Å². The normalized spacial score (nSPS) is 19.9. The van der Waals surface area contributed by atoms with Gasteiger partial charge in [-0.3, -0.25) is 24.2 Å². The number of sulfonamides is 1. The molecular formula is C21H31N5O4S. The smallest absolute Gasteiger partial charge is 0.262 e. The molecule has 2 heterocycles. The van der Waals surface area contributed by atoms with Gasteiger partial charge >= 0.3 is 0 Å². The fourth-order valence-corrected chi connectivity index (χ4v) is 5.03. The summed E-state index contributed by atoms with van der Waals surface area (Å²) in [5.74, 6) is 0.192. The zero-order valence-electron chi connectivity index (χ0n) is 18.1. The number of hydrogen-bond donors (Lipinski definition) is 2. The first-order valence-corrected chi connectivity index (χ1v) is 12.2. The molecule has 1 atom stereocenters. The molecule has 0 radical (unpaired) electrons. The predicted octanol–water partition coefficient (Wildman–Crippen LogP) is 1.43. The first-order chi connectivity index (χ1) is 14.8. The molecule has 2 aliphatic rings. The van der Waals surface area contributed by atoms with Gasteiger partial charge in [0, 0.05) is 32.7 Å². The maximum atomic E-state index is 12.8. The van der Waals surface area contributed by atoms with E-state index in [9.17, 15) is 18.0 Å². The number of amidine groups is 1. The van der Waals surface area contributed by atoms with Crippen LogP contribution in [-0.4, -0.2) is 75.6 Å². The van der Waals surface area contributed by atoms with Gasteiger partial charge in [-0.2, -0.15) is 0 Å². The van der Waals surface area contributed by atoms with E-state index in [0.29, 0.717) is 31.0 Å². The molecule has 0 aliphatic carbocycles. The van der Waals surface area contributed by atoms with Gasteiger partial charge in [-0.25, -0.2) is 8.42 Å². The van der Waals surface area contributed by atoms with Crippen LogP contribution in [0.4, 0.5) is 5.69 Å². The number of nitrogens with zero attached hydrogens (tertiary/aromatic N) is 3. The van der Waals surface area contributed by atoms with E-state index in [1.807, 2.05) is 4.90 Å². The lowest BCUT2D eigenvalue weighted by atomic mass is 10.2. The van der Waals surface area contributed by atoms with Gasteiger partial charge in [-0.1, -0.05) is 12.5 Å². The number of nitrogens with one attached hydrogen (secondary N) is 2. The highest BCUT2D eigenvalue weighted by atomic mass is 32.2. The molecule has 1 saturated heterocycles. The standard InChI is InChI=1S/C21H31N5O4S/c1-25(2)21(28)18-10-7-13-26(18)15-20(27)23-16-8-6-9-17(14-16)31(29,30)24-19-11-4-3-5-12-22-19/h6,8-9,14,18H,3-5,7,10-13,15H2,1-2H3,(H,22,24)(H,23,27). The monoisotopic (exact) mass is 449 g/mol. The fraction of sp³-hybridized carbons (Fsp3) is 0.571. The van der Waals surface area contributed by atoms with Gasteiger partial charge < -0.3 is 10.2 Å². The Morgan fingerprint density at radius 1 is 1.19 bits per heavy atom. The second-order valence-electron chi connectivity index (χ2n) is 8.18. The van der Waals surface area contributed by atoms with Crippen LogP contribution < -0.4 is 10.0 Å². The van der Waals surface area contributed by atoms with Gasteiger partial charge in [-0.15, -0.1) is 0 Å². The Balaban J connectivity index is 1.64. The lowest BCUT2D eigenvalue weighted by Crippen LogP contribution is -2.45. The Kier molecular flexibility index (Phi) is 7.66. The second kappa shape index (κ2) is 10.2. The molecule has 9 nitrogen and oxygen atoms in total. The van der Waals surface area contributed by atoms with Crippen LogP contribution in [0.25, 0.3) is 0 Å². The lowest BCUT2D eigenvalue weighted by molar-refractivity contribution is -0.133. The number of amides is 2. The third-order valence-electron chi connectivity index (χ3n) is 5.49. The highest BCUT2D eigenvalue weighted by Crippen LogP contribution is 2.20. The van der Waals surface area contributed by atoms with E-state index < -0.39 is 10.0 Å². The second-order valence-corrected chi connectivity index (χ2v) is 9.86. The Bertz CT molecular complexity index is 945. The molecular weight excluding hydrogens is 418 g/mol. The lowest BCUT2D eigenvalue weighted by Gasteiger charge is -2.25. The Labute approximate surface area is 183 Å². The van der Waals surface area contributed by atoms with E-state index in [4.69, 9.17) is 0 Å². The van der Waals surface area contributed by atoms with E-state index in [2.05, 4.69) is 15.0 Å². The minimum atomic E-state index is -3.78. The van der Waals surface area contributed by atoms with Gasteiger partial charge in [0.2, 0.25) is 11.8 Å². The van der Waals surface area contributed by atoms with Crippen molar-refractivity contribution in [3.63, 3.8) is 0 Å². The summed E-state index contributed by atoms with van der Waals surface area (Å²) in [4.78, 5) is 32.7. The van der Waals surface area contributed by atoms with Crippen molar-refractivity contribution in [2.75, 3.05) is 39.0 Å². The van der Waals surface area contributed by atoms with Crippen molar-refractivity contribution >= 4 is 33.4 Å². The van der Waals surface area contributed by atoms with Crippen molar-refractivity contribution in [1.82, 2.24) is 14.5 Å². The van der Waals surface area contributed by atoms with E-state index in [1.165, 1.54) is 12.1 Å². The zero-order valence-corrected chi connectivity index (χ0v) is 19.0. The Hall–Kier alpha value is -2.46. The van der Waals surface area contributed by atoms with E-state index in [1.54, 1.807) is 31.1 Å². The molecule has 2 amide bonds. The van der Waals surface area contributed by atoms with Crippen molar-refractivity contribution in [2.24, 2.45) is 4.99 Å². The molecule has 0 saturated carbocycles. The van der Waals surface area contributed by atoms with Crippen molar-refractivity contribution in [1.29, 1.82) is 0 Å². The minimum absolute atomic E-state index is 0.00843. The van der Waals surface area contributed by atoms with Crippen LogP contribution in [0, 0.1) is 0 Å². The first kappa shape index (κ1) is 23.2. The first-order valence-electron chi connectivity index (χ1n) is 10.7. The number of likely N-dealkylation sites (N-methyl/N-ethyl adjacent to an activating group) is 1. The van der Waals surface area contributed by atoms with Gasteiger partial charge in [0.05, 0.1) is 17.5 Å². The molecule has 1 aromatic rings. The third-order valence-corrected chi connectivity index (χ3v) is 6.87. The van der Waals surface area contributed by atoms with Crippen LogP contribution in [0.15, 0.2) is 34.2 Å². The number of carbonyl (C=O) groups excluding carboxylic acids is 2. The summed E-state index contributed by atoms with van der Waals surface area (Å²) in [6.45, 7) is 1.39. The molecule has 0 spiro atoms. The highest BCUT2D eigenvalue weighted by molar-refractivity contribution is 7.90. The summed E-state index contributed by atoms with van der Waals surface area (Å²) in [5, 5.41) is 2.76. The van der Waals surface area contributed by atoms with Gasteiger partial charge in [0.1, 0.15) is 5.84 Å². The highest BCUT2D eigenvalue weighted by Gasteiger charge is 2.32. The maximum Gasteiger partial charge on any atom is 0.262 e. The predicted molar refractivity (Wildman–Crippen MR) is 119 cm³/mol. The van der Waals surface area contributed by atoms with E-state index in [0.717, 1.165) is 32.1 Å². The molecule has 170 valence electrons. The molecule has 2 N–H and O–H groups in total. The van der Waals surface area contributed by atoms with Crippen molar-refractivity contribution in [3.8, 4) is 0 Å². The molecule has 31 heavy (non-hydrogen) atoms. The molecule has 1 aromatic carbocycles. The van der Waals surface area contributed by atoms with Crippen LogP contribution in [0.5, 0.6) is 0 Å². The summed E-state index contributed by atoms with van der Waals surface area (Å²) < 4.78 is 28.1. The summed E-state index contributed by atoms with van der Waals surface area (Å²) >= 11 is 0. The maximum absolute atomic E-state index is 12.8. The largest absolute Gasteiger partial charge is 0.347 e. The Morgan fingerprint density at radius 3 is 2.77 bits per heavy atom. The van der Waals surface area contributed by atoms with Crippen molar-refractivity contribution < 1.29 is 18.0 Å². The summed E-state index contributed by atoms with van der Waals surface area (Å²) in [7, 11) is -0.363. The van der Waals surface area contributed by atoms with Gasteiger partial charge in [-0.05, 0) is 50.4 Å². The molecule has 1 fully saturated rings. The molecule has 0 aromatic heterocycles. The number of likely N-dealkylation sites (tertiary alicyclic amines) is 1. The summed E-state index contributed by atoms with van der Waals surface area (Å²) in [5.41, 5.74) is 0.394. The number of benzene rings is 1. The number of rotatable bonds is 6. The van der Waals surface area contributed by atoms with E-state index >= 15 is 0 Å². The Morgan fingerprint density at radius 2 is 2.00 bits per heavy atom. The average molecular weight is 450 g/mol. The number of hydrogen-bond acceptors (Lipinski definition) is 6. The fourth-order valence-electron chi connectivity index (χ4n) is 3.89. The summed E-state index contributed by atoms with van der Waals surface area (Å²) in [6.07, 6.45) is 5.11. The summed E-state index contributed by atoms with van der Waals surface area (Å²) in [6, 6.07) is 5.86. The van der Waals surface area contributed by atoms with Crippen molar-refractivity contribution in [2.45, 2.75) is 49.5 Å². The topological polar surface area (TPSA) is 111 Å². The van der Waals surface area contributed by atoms with Crippen LogP contribution in [0.1, 0.15) is 38.5 Å².